The predicted octanol–water partition coefficient (Wildman–Crippen LogP) is -6.14. The third kappa shape index (κ3) is 108. The Labute approximate surface area is 148 Å². The van der Waals surface area contributed by atoms with Crippen molar-refractivity contribution in [2.45, 2.75) is 0 Å². The van der Waals surface area contributed by atoms with Crippen LogP contribution in [0.1, 0.15) is 0 Å². The molecule has 6 nitrogen and oxygen atoms in total. The molecule has 0 radical (unpaired) electrons. The zero-order valence-corrected chi connectivity index (χ0v) is 17.2. The standard InChI is InChI=1S/2Ba.O3Si.3O.Zr/c;;1-4(2)3;;;;/q2*+2;-2;;2*-1;. The summed E-state index contributed by atoms with van der Waals surface area (Å²) in [5, 5.41) is 0. The van der Waals surface area contributed by atoms with Crippen LogP contribution in [0.5, 0.6) is 0 Å². The molecule has 0 aromatic rings. The minimum absolute atomic E-state index is 0. The van der Waals surface area contributed by atoms with E-state index in [1.54, 1.807) is 0 Å². The fourth-order valence-corrected chi connectivity index (χ4v) is 0. The molecule has 0 spiro atoms. The molecule has 0 aromatic carbocycles. The Morgan fingerprint density at radius 2 is 1.10 bits per heavy atom. The van der Waals surface area contributed by atoms with Crippen LogP contribution in [-0.2, 0) is 29.9 Å². The molecule has 10 heteroatoms. The van der Waals surface area contributed by atoms with Crippen LogP contribution in [0.15, 0.2) is 0 Å². The summed E-state index contributed by atoms with van der Waals surface area (Å²) >= 11 is -4.29. The van der Waals surface area contributed by atoms with Crippen LogP contribution in [0.2, 0.25) is 0 Å². The Morgan fingerprint density at radius 1 is 1.10 bits per heavy atom. The summed E-state index contributed by atoms with van der Waals surface area (Å²) in [5.41, 5.74) is 0. The Balaban J connectivity index is -0.0000000300. The molecule has 0 aliphatic rings. The van der Waals surface area contributed by atoms with E-state index in [9.17, 15) is 0 Å². The van der Waals surface area contributed by atoms with Crippen molar-refractivity contribution in [1.82, 2.24) is 0 Å². The normalized spacial score (nSPS) is 5.00. The van der Waals surface area contributed by atoms with E-state index >= 15 is 0 Å². The SMILES string of the molecule is O=[Si]([O-])[O-].[Ba+2].[Ba+2].[O]=[Zr]([O-])[O-]. The Bertz CT molecular complexity index is 73.7. The van der Waals surface area contributed by atoms with Crippen LogP contribution in [0.4, 0.5) is 0 Å². The van der Waals surface area contributed by atoms with Crippen molar-refractivity contribution in [3.8, 4) is 0 Å². The van der Waals surface area contributed by atoms with Crippen LogP contribution in [0.3, 0.4) is 0 Å². The first-order valence-electron chi connectivity index (χ1n) is 1.22. The molecule has 0 saturated carbocycles. The second-order valence-corrected chi connectivity index (χ2v) is 2.23. The Hall–Kier alpha value is 3.36. The molecule has 0 fully saturated rings. The van der Waals surface area contributed by atoms with E-state index in [0.717, 1.165) is 0 Å². The summed E-state index contributed by atoms with van der Waals surface area (Å²) in [6.07, 6.45) is 0. The van der Waals surface area contributed by atoms with E-state index in [-0.39, 0.29) is 97.8 Å². The van der Waals surface area contributed by atoms with Gasteiger partial charge in [0.05, 0.1) is 0 Å². The van der Waals surface area contributed by atoms with Gasteiger partial charge in [-0.1, -0.05) is 0 Å². The Morgan fingerprint density at radius 3 is 1.10 bits per heavy atom. The zero-order valence-electron chi connectivity index (χ0n) is 4.86. The molecule has 0 saturated heterocycles. The third-order valence-electron chi connectivity index (χ3n) is 0. The molecule has 0 aliphatic carbocycles. The van der Waals surface area contributed by atoms with E-state index in [0.29, 0.717) is 0 Å². The second-order valence-electron chi connectivity index (χ2n) is 0.500. The fraction of sp³-hybridized carbons (Fsp3) is 0. The first-order chi connectivity index (χ1) is 3.46. The van der Waals surface area contributed by atoms with Crippen LogP contribution in [0.25, 0.3) is 0 Å². The second kappa shape index (κ2) is 18.2. The molecule has 0 unspecified atom stereocenters. The van der Waals surface area contributed by atoms with Gasteiger partial charge in [0.1, 0.15) is 0 Å². The van der Waals surface area contributed by atoms with E-state index in [1.807, 2.05) is 0 Å². The topological polar surface area (TPSA) is 126 Å². The summed E-state index contributed by atoms with van der Waals surface area (Å²) in [5.74, 6) is 0. The summed E-state index contributed by atoms with van der Waals surface area (Å²) < 4.78 is 34.4. The van der Waals surface area contributed by atoms with Gasteiger partial charge in [-0.15, -0.1) is 0 Å². The van der Waals surface area contributed by atoms with Crippen molar-refractivity contribution >= 4 is 107 Å². The van der Waals surface area contributed by atoms with Crippen LogP contribution in [0, 0.1) is 0 Å². The van der Waals surface area contributed by atoms with Crippen LogP contribution >= 0.6 is 0 Å². The van der Waals surface area contributed by atoms with Gasteiger partial charge < -0.3 is 14.1 Å². The van der Waals surface area contributed by atoms with Gasteiger partial charge >= 0.3 is 130 Å². The van der Waals surface area contributed by atoms with E-state index in [1.165, 1.54) is 0 Å². The minimum atomic E-state index is -4.29. The van der Waals surface area contributed by atoms with Crippen molar-refractivity contribution in [3.63, 3.8) is 0 Å². The first kappa shape index (κ1) is 23.3. The fourth-order valence-electron chi connectivity index (χ4n) is 0. The molecule has 0 atom stereocenters. The van der Waals surface area contributed by atoms with Gasteiger partial charge in [0.15, 0.2) is 0 Å². The van der Waals surface area contributed by atoms with Gasteiger partial charge in [0.25, 0.3) is 0 Å². The van der Waals surface area contributed by atoms with Crippen molar-refractivity contribution in [3.05, 3.63) is 0 Å². The van der Waals surface area contributed by atoms with Crippen molar-refractivity contribution in [1.29, 1.82) is 0 Å². The number of hydrogen-bond acceptors (Lipinski definition) is 6. The molecule has 0 aliphatic heterocycles. The molecule has 0 bridgehead atoms. The van der Waals surface area contributed by atoms with Crippen LogP contribution in [-0.4, -0.2) is 107 Å². The molecular formula is Ba2O6SiZr. The van der Waals surface area contributed by atoms with E-state index < -0.39 is 31.8 Å². The third-order valence-corrected chi connectivity index (χ3v) is 0. The van der Waals surface area contributed by atoms with Crippen molar-refractivity contribution in [2.24, 2.45) is 0 Å². The van der Waals surface area contributed by atoms with Gasteiger partial charge in [-0.05, 0) is 0 Å². The first-order valence-corrected chi connectivity index (χ1v) is 5.46. The summed E-state index contributed by atoms with van der Waals surface area (Å²) in [7, 11) is -3.63. The summed E-state index contributed by atoms with van der Waals surface area (Å²) in [6.45, 7) is 0. The molecule has 0 aromatic heterocycles. The average Bonchev–Trinajstić information content (AvgIpc) is 1.25. The molecule has 0 heterocycles. The van der Waals surface area contributed by atoms with Crippen LogP contribution < -0.4 is 16.0 Å². The summed E-state index contributed by atoms with van der Waals surface area (Å²) in [4.78, 5) is 17.0. The molecule has 10 heavy (non-hydrogen) atoms. The zero-order chi connectivity index (χ0) is 7.15. The molecule has 0 N–H and O–H groups in total. The van der Waals surface area contributed by atoms with E-state index in [4.69, 9.17) is 23.2 Å². The molecule has 0 rings (SSSR count). The molecule has 0 amide bonds. The molecular weight excluding hydrogens is 490 g/mol. The van der Waals surface area contributed by atoms with Gasteiger partial charge in [-0.25, -0.2) is 0 Å². The molecule has 48 valence electrons. The van der Waals surface area contributed by atoms with Crippen molar-refractivity contribution < 1.29 is 45.9 Å². The van der Waals surface area contributed by atoms with E-state index in [2.05, 4.69) is 0 Å². The maximum absolute atomic E-state index is 8.61. The Kier molecular flexibility index (Phi) is 42.4. The van der Waals surface area contributed by atoms with Crippen molar-refractivity contribution in [2.75, 3.05) is 0 Å². The monoisotopic (exact) mass is 490 g/mol. The average molecular weight is 490 g/mol. The predicted molar refractivity (Wildman–Crippen MR) is 18.6 cm³/mol. The number of hydrogen-bond donors (Lipinski definition) is 0. The summed E-state index contributed by atoms with van der Waals surface area (Å²) in [6, 6.07) is 0. The van der Waals surface area contributed by atoms with Gasteiger partial charge in [0, 0.05) is 9.17 Å². The van der Waals surface area contributed by atoms with Gasteiger partial charge in [0.2, 0.25) is 0 Å². The maximum atomic E-state index is 8.61. The quantitative estimate of drug-likeness (QED) is 0.312. The van der Waals surface area contributed by atoms with Gasteiger partial charge in [-0.3, -0.25) is 0 Å². The van der Waals surface area contributed by atoms with Gasteiger partial charge in [-0.2, -0.15) is 0 Å². The number of rotatable bonds is 0.